The van der Waals surface area contributed by atoms with E-state index in [0.717, 1.165) is 12.8 Å². The lowest BCUT2D eigenvalue weighted by Crippen LogP contribution is -2.45. The molecule has 5 heteroatoms. The highest BCUT2D eigenvalue weighted by atomic mass is 19.1. The van der Waals surface area contributed by atoms with E-state index in [2.05, 4.69) is 22.8 Å². The largest absolute Gasteiger partial charge is 0.381 e. The number of benzene rings is 2. The van der Waals surface area contributed by atoms with Gasteiger partial charge in [-0.15, -0.1) is 0 Å². The van der Waals surface area contributed by atoms with Crippen molar-refractivity contribution < 1.29 is 13.9 Å². The van der Waals surface area contributed by atoms with E-state index in [9.17, 15) is 9.18 Å². The molecule has 24 heavy (non-hydrogen) atoms. The van der Waals surface area contributed by atoms with Gasteiger partial charge in [-0.2, -0.15) is 0 Å². The molecule has 0 aromatic heterocycles. The molecule has 4 nitrogen and oxygen atoms in total. The van der Waals surface area contributed by atoms with Crippen LogP contribution in [-0.4, -0.2) is 25.8 Å². The van der Waals surface area contributed by atoms with Gasteiger partial charge < -0.3 is 15.4 Å². The van der Waals surface area contributed by atoms with Gasteiger partial charge in [-0.25, -0.2) is 9.18 Å². The Morgan fingerprint density at radius 3 is 2.42 bits per heavy atom. The third-order valence-corrected chi connectivity index (χ3v) is 4.55. The first-order valence-electron chi connectivity index (χ1n) is 8.12. The number of urea groups is 1. The van der Waals surface area contributed by atoms with Gasteiger partial charge in [0.2, 0.25) is 0 Å². The van der Waals surface area contributed by atoms with Crippen molar-refractivity contribution in [3.05, 3.63) is 66.0 Å². The standard InChI is InChI=1S/C19H21FN2O2/c20-16-8-4-5-9-17(16)22-18(23)21-14-19(10-12-24-13-11-19)15-6-2-1-3-7-15/h1-9H,10-14H2,(H2,21,22,23). The summed E-state index contributed by atoms with van der Waals surface area (Å²) in [7, 11) is 0. The maximum atomic E-state index is 13.6. The Bertz CT molecular complexity index is 685. The van der Waals surface area contributed by atoms with Gasteiger partial charge in [0.25, 0.3) is 0 Å². The summed E-state index contributed by atoms with van der Waals surface area (Å²) in [6, 6.07) is 15.9. The van der Waals surface area contributed by atoms with Crippen LogP contribution in [0, 0.1) is 5.82 Å². The molecule has 0 bridgehead atoms. The summed E-state index contributed by atoms with van der Waals surface area (Å²) >= 11 is 0. The molecular weight excluding hydrogens is 307 g/mol. The van der Waals surface area contributed by atoms with E-state index < -0.39 is 11.8 Å². The van der Waals surface area contributed by atoms with Crippen LogP contribution in [0.15, 0.2) is 54.6 Å². The molecule has 0 aliphatic carbocycles. The SMILES string of the molecule is O=C(NCC1(c2ccccc2)CCOCC1)Nc1ccccc1F. The fraction of sp³-hybridized carbons (Fsp3) is 0.316. The number of anilines is 1. The number of hydrogen-bond acceptors (Lipinski definition) is 2. The maximum absolute atomic E-state index is 13.6. The zero-order valence-corrected chi connectivity index (χ0v) is 13.4. The number of carbonyl (C=O) groups is 1. The van der Waals surface area contributed by atoms with Crippen LogP contribution in [-0.2, 0) is 10.2 Å². The van der Waals surface area contributed by atoms with Gasteiger partial charge in [0.1, 0.15) is 5.82 Å². The summed E-state index contributed by atoms with van der Waals surface area (Å²) in [5, 5.41) is 5.46. The van der Waals surface area contributed by atoms with Crippen LogP contribution in [0.3, 0.4) is 0 Å². The molecule has 0 radical (unpaired) electrons. The lowest BCUT2D eigenvalue weighted by Gasteiger charge is -2.38. The van der Waals surface area contributed by atoms with Gasteiger partial charge in [0.05, 0.1) is 5.69 Å². The Kier molecular flexibility index (Phi) is 5.11. The summed E-state index contributed by atoms with van der Waals surface area (Å²) in [4.78, 5) is 12.2. The molecule has 1 saturated heterocycles. The second-order valence-corrected chi connectivity index (χ2v) is 6.05. The molecule has 2 amide bonds. The summed E-state index contributed by atoms with van der Waals surface area (Å²) < 4.78 is 19.1. The highest BCUT2D eigenvalue weighted by molar-refractivity contribution is 5.89. The molecule has 1 aliphatic heterocycles. The van der Waals surface area contributed by atoms with Crippen LogP contribution < -0.4 is 10.6 Å². The second kappa shape index (κ2) is 7.45. The quantitative estimate of drug-likeness (QED) is 0.899. The fourth-order valence-corrected chi connectivity index (χ4v) is 3.10. The summed E-state index contributed by atoms with van der Waals surface area (Å²) in [5.74, 6) is -0.448. The Labute approximate surface area is 141 Å². The molecule has 0 spiro atoms. The molecule has 0 atom stereocenters. The molecule has 1 aliphatic rings. The first-order chi connectivity index (χ1) is 11.7. The van der Waals surface area contributed by atoms with E-state index >= 15 is 0 Å². The van der Waals surface area contributed by atoms with Crippen molar-refractivity contribution in [1.82, 2.24) is 5.32 Å². The number of rotatable bonds is 4. The first kappa shape index (κ1) is 16.5. The molecule has 2 aromatic carbocycles. The molecule has 3 rings (SSSR count). The average Bonchev–Trinajstić information content (AvgIpc) is 2.63. The number of hydrogen-bond donors (Lipinski definition) is 2. The van der Waals surface area contributed by atoms with Crippen molar-refractivity contribution in [2.75, 3.05) is 25.1 Å². The normalized spacial score (nSPS) is 16.4. The third kappa shape index (κ3) is 3.74. The molecule has 126 valence electrons. The van der Waals surface area contributed by atoms with Gasteiger partial charge in [-0.05, 0) is 30.5 Å². The van der Waals surface area contributed by atoms with Crippen molar-refractivity contribution in [2.45, 2.75) is 18.3 Å². The van der Waals surface area contributed by atoms with Gasteiger partial charge in [0, 0.05) is 25.2 Å². The van der Waals surface area contributed by atoms with Crippen molar-refractivity contribution >= 4 is 11.7 Å². The lowest BCUT2D eigenvalue weighted by atomic mass is 9.74. The van der Waals surface area contributed by atoms with E-state index in [-0.39, 0.29) is 11.1 Å². The summed E-state index contributed by atoms with van der Waals surface area (Å²) in [6.07, 6.45) is 1.69. The average molecular weight is 328 g/mol. The van der Waals surface area contributed by atoms with Gasteiger partial charge in [0.15, 0.2) is 0 Å². The predicted molar refractivity (Wildman–Crippen MR) is 91.6 cm³/mol. The second-order valence-electron chi connectivity index (χ2n) is 6.05. The van der Waals surface area contributed by atoms with Gasteiger partial charge in [-0.3, -0.25) is 0 Å². The van der Waals surface area contributed by atoms with Crippen LogP contribution in [0.1, 0.15) is 18.4 Å². The number of carbonyl (C=O) groups excluding carboxylic acids is 1. The summed E-state index contributed by atoms with van der Waals surface area (Å²) in [6.45, 7) is 1.83. The minimum absolute atomic E-state index is 0.147. The van der Waals surface area contributed by atoms with E-state index in [0.29, 0.717) is 19.8 Å². The van der Waals surface area contributed by atoms with Crippen molar-refractivity contribution in [2.24, 2.45) is 0 Å². The first-order valence-corrected chi connectivity index (χ1v) is 8.12. The van der Waals surface area contributed by atoms with Crippen LogP contribution in [0.4, 0.5) is 14.9 Å². The van der Waals surface area contributed by atoms with Gasteiger partial charge in [-0.1, -0.05) is 42.5 Å². The molecular formula is C19H21FN2O2. The fourth-order valence-electron chi connectivity index (χ4n) is 3.10. The van der Waals surface area contributed by atoms with Crippen molar-refractivity contribution in [3.8, 4) is 0 Å². The number of ether oxygens (including phenoxy) is 1. The Morgan fingerprint density at radius 1 is 1.04 bits per heavy atom. The molecule has 1 heterocycles. The number of halogens is 1. The highest BCUT2D eigenvalue weighted by Gasteiger charge is 2.34. The Balaban J connectivity index is 1.68. The van der Waals surface area contributed by atoms with Gasteiger partial charge >= 0.3 is 6.03 Å². The zero-order valence-electron chi connectivity index (χ0n) is 13.4. The van der Waals surface area contributed by atoms with Crippen molar-refractivity contribution in [1.29, 1.82) is 0 Å². The Hall–Kier alpha value is -2.40. The van der Waals surface area contributed by atoms with E-state index in [1.54, 1.807) is 12.1 Å². The maximum Gasteiger partial charge on any atom is 0.319 e. The molecule has 0 saturated carbocycles. The number of para-hydroxylation sites is 1. The topological polar surface area (TPSA) is 50.4 Å². The molecule has 2 aromatic rings. The van der Waals surface area contributed by atoms with E-state index in [1.165, 1.54) is 17.7 Å². The minimum Gasteiger partial charge on any atom is -0.381 e. The molecule has 0 unspecified atom stereocenters. The van der Waals surface area contributed by atoms with Crippen LogP contribution in [0.25, 0.3) is 0 Å². The monoisotopic (exact) mass is 328 g/mol. The number of nitrogens with one attached hydrogen (secondary N) is 2. The number of amides is 2. The summed E-state index contributed by atoms with van der Waals surface area (Å²) in [5.41, 5.74) is 1.22. The highest BCUT2D eigenvalue weighted by Crippen LogP contribution is 2.34. The van der Waals surface area contributed by atoms with Crippen LogP contribution >= 0.6 is 0 Å². The molecule has 1 fully saturated rings. The minimum atomic E-state index is -0.448. The zero-order chi connectivity index (χ0) is 16.8. The van der Waals surface area contributed by atoms with Crippen molar-refractivity contribution in [3.63, 3.8) is 0 Å². The van der Waals surface area contributed by atoms with E-state index in [4.69, 9.17) is 4.74 Å². The van der Waals surface area contributed by atoms with Crippen LogP contribution in [0.5, 0.6) is 0 Å². The molecule has 2 N–H and O–H groups in total. The lowest BCUT2D eigenvalue weighted by molar-refractivity contribution is 0.0508. The van der Waals surface area contributed by atoms with Crippen LogP contribution in [0.2, 0.25) is 0 Å². The third-order valence-electron chi connectivity index (χ3n) is 4.55. The smallest absolute Gasteiger partial charge is 0.319 e. The Morgan fingerprint density at radius 2 is 1.71 bits per heavy atom. The van der Waals surface area contributed by atoms with E-state index in [1.807, 2.05) is 18.2 Å². The predicted octanol–water partition coefficient (Wildman–Crippen LogP) is 3.70.